The van der Waals surface area contributed by atoms with Gasteiger partial charge >= 0.3 is 0 Å². The summed E-state index contributed by atoms with van der Waals surface area (Å²) in [5.74, 6) is 0.867. The third kappa shape index (κ3) is 4.05. The van der Waals surface area contributed by atoms with E-state index < -0.39 is 0 Å². The van der Waals surface area contributed by atoms with E-state index in [1.807, 2.05) is 46.9 Å². The molecule has 5 rings (SSSR count). The van der Waals surface area contributed by atoms with Gasteiger partial charge < -0.3 is 9.30 Å². The molecule has 1 aliphatic rings. The van der Waals surface area contributed by atoms with Gasteiger partial charge in [-0.05, 0) is 64.0 Å². The molecule has 3 aromatic heterocycles. The van der Waals surface area contributed by atoms with E-state index in [-0.39, 0.29) is 0 Å². The van der Waals surface area contributed by atoms with Gasteiger partial charge in [-0.15, -0.1) is 0 Å². The number of benzene rings is 1. The van der Waals surface area contributed by atoms with E-state index in [9.17, 15) is 0 Å². The third-order valence-electron chi connectivity index (χ3n) is 5.91. The topological polar surface area (TPSA) is 61.0 Å². The largest absolute Gasteiger partial charge is 0.490 e. The summed E-state index contributed by atoms with van der Waals surface area (Å²) in [4.78, 5) is 11.4. The van der Waals surface area contributed by atoms with Crippen LogP contribution in [0.25, 0.3) is 16.6 Å². The molecule has 31 heavy (non-hydrogen) atoms. The van der Waals surface area contributed by atoms with E-state index in [0.29, 0.717) is 13.2 Å². The quantitative estimate of drug-likeness (QED) is 0.459. The maximum atomic E-state index is 6.32. The smallest absolute Gasteiger partial charge is 0.145 e. The van der Waals surface area contributed by atoms with Crippen molar-refractivity contribution in [3.63, 3.8) is 0 Å². The fourth-order valence-corrected chi connectivity index (χ4v) is 4.44. The van der Waals surface area contributed by atoms with Crippen molar-refractivity contribution < 1.29 is 4.74 Å². The van der Waals surface area contributed by atoms with E-state index in [2.05, 4.69) is 33.9 Å². The van der Waals surface area contributed by atoms with Crippen molar-refractivity contribution in [1.82, 2.24) is 29.2 Å². The molecule has 7 nitrogen and oxygen atoms in total. The molecule has 0 saturated carbocycles. The Morgan fingerprint density at radius 1 is 1.06 bits per heavy atom. The Morgan fingerprint density at radius 3 is 2.71 bits per heavy atom. The van der Waals surface area contributed by atoms with E-state index in [0.717, 1.165) is 46.0 Å². The Balaban J connectivity index is 1.54. The van der Waals surface area contributed by atoms with Crippen molar-refractivity contribution in [3.8, 4) is 11.4 Å². The van der Waals surface area contributed by atoms with Crippen LogP contribution in [0.4, 0.5) is 0 Å². The van der Waals surface area contributed by atoms with Crippen molar-refractivity contribution in [1.29, 1.82) is 0 Å². The number of hydrogen-bond acceptors (Lipinski definition) is 5. The zero-order valence-corrected chi connectivity index (χ0v) is 18.2. The molecule has 0 atom stereocenters. The Hall–Kier alpha value is -3.19. The van der Waals surface area contributed by atoms with Crippen molar-refractivity contribution >= 4 is 10.9 Å². The number of likely N-dealkylation sites (tertiary alicyclic amines) is 1. The second-order valence-electron chi connectivity index (χ2n) is 8.19. The van der Waals surface area contributed by atoms with Crippen LogP contribution in [0.1, 0.15) is 29.9 Å². The molecular weight excluding hydrogens is 388 g/mol. The molecule has 0 spiro atoms. The van der Waals surface area contributed by atoms with Crippen LogP contribution >= 0.6 is 0 Å². The monoisotopic (exact) mass is 416 g/mol. The third-order valence-corrected chi connectivity index (χ3v) is 5.91. The van der Waals surface area contributed by atoms with Gasteiger partial charge in [-0.25, -0.2) is 4.98 Å². The van der Waals surface area contributed by atoms with Gasteiger partial charge in [0.2, 0.25) is 0 Å². The molecule has 1 fully saturated rings. The fourth-order valence-electron chi connectivity index (χ4n) is 4.44. The Morgan fingerprint density at radius 2 is 1.94 bits per heavy atom. The first kappa shape index (κ1) is 19.8. The highest BCUT2D eigenvalue weighted by Crippen LogP contribution is 2.33. The van der Waals surface area contributed by atoms with Gasteiger partial charge in [0.25, 0.3) is 0 Å². The molecule has 0 aliphatic carbocycles. The zero-order valence-electron chi connectivity index (χ0n) is 18.2. The number of hydrogen-bond donors (Lipinski definition) is 0. The molecule has 1 saturated heterocycles. The Kier molecular flexibility index (Phi) is 5.42. The summed E-state index contributed by atoms with van der Waals surface area (Å²) >= 11 is 0. The number of fused-ring (bicyclic) bond motifs is 1. The van der Waals surface area contributed by atoms with Crippen LogP contribution in [-0.4, -0.2) is 55.5 Å². The minimum atomic E-state index is 0.599. The van der Waals surface area contributed by atoms with Gasteiger partial charge in [0.05, 0.1) is 35.3 Å². The maximum absolute atomic E-state index is 6.32. The highest BCUT2D eigenvalue weighted by atomic mass is 16.5. The maximum Gasteiger partial charge on any atom is 0.145 e. The molecule has 0 unspecified atom stereocenters. The van der Waals surface area contributed by atoms with E-state index in [1.54, 1.807) is 6.20 Å². The van der Waals surface area contributed by atoms with Crippen molar-refractivity contribution in [2.24, 2.45) is 0 Å². The van der Waals surface area contributed by atoms with Gasteiger partial charge in [-0.3, -0.25) is 14.6 Å². The highest BCUT2D eigenvalue weighted by molar-refractivity contribution is 5.94. The molecule has 1 aromatic carbocycles. The van der Waals surface area contributed by atoms with Crippen molar-refractivity contribution in [2.45, 2.75) is 33.2 Å². The van der Waals surface area contributed by atoms with Crippen LogP contribution in [0, 0.1) is 13.8 Å². The second-order valence-corrected chi connectivity index (χ2v) is 8.19. The van der Waals surface area contributed by atoms with Crippen molar-refractivity contribution in [2.75, 3.05) is 26.2 Å². The number of rotatable bonds is 7. The van der Waals surface area contributed by atoms with Gasteiger partial charge in [-0.1, -0.05) is 6.07 Å². The SMILES string of the molecule is Cc1cccc(Cn2nc(C)c3c(-n4ccnc4)ccc(OCCN4CCCC4)c32)n1. The number of pyridine rings is 1. The predicted octanol–water partition coefficient (Wildman–Crippen LogP) is 3.76. The van der Waals surface area contributed by atoms with E-state index in [1.165, 1.54) is 25.9 Å². The lowest BCUT2D eigenvalue weighted by Gasteiger charge is -2.16. The summed E-state index contributed by atoms with van der Waals surface area (Å²) in [7, 11) is 0. The summed E-state index contributed by atoms with van der Waals surface area (Å²) < 4.78 is 10.4. The number of imidazole rings is 1. The lowest BCUT2D eigenvalue weighted by molar-refractivity contribution is 0.239. The van der Waals surface area contributed by atoms with Crippen LogP contribution in [0.15, 0.2) is 49.1 Å². The molecule has 1 aliphatic heterocycles. The second kappa shape index (κ2) is 8.51. The summed E-state index contributed by atoms with van der Waals surface area (Å²) in [6, 6.07) is 10.3. The summed E-state index contributed by atoms with van der Waals surface area (Å²) in [6.45, 7) is 8.64. The molecule has 0 radical (unpaired) electrons. The molecule has 0 amide bonds. The molecule has 0 bridgehead atoms. The standard InChI is InChI=1S/C24H28N6O/c1-18-6-5-7-20(26-18)16-30-24-22(31-15-14-28-11-3-4-12-28)9-8-21(23(24)19(2)27-30)29-13-10-25-17-29/h5-10,13,17H,3-4,11-12,14-16H2,1-2H3. The first-order chi connectivity index (χ1) is 15.2. The van der Waals surface area contributed by atoms with E-state index in [4.69, 9.17) is 9.84 Å². The minimum absolute atomic E-state index is 0.599. The Labute approximate surface area is 182 Å². The van der Waals surface area contributed by atoms with Gasteiger partial charge in [-0.2, -0.15) is 5.10 Å². The molecule has 4 aromatic rings. The number of aryl methyl sites for hydroxylation is 2. The number of aromatic nitrogens is 5. The van der Waals surface area contributed by atoms with E-state index >= 15 is 0 Å². The molecule has 160 valence electrons. The average Bonchev–Trinajstić information content (AvgIpc) is 3.51. The molecule has 7 heteroatoms. The summed E-state index contributed by atoms with van der Waals surface area (Å²) in [5, 5.41) is 5.97. The first-order valence-electron chi connectivity index (χ1n) is 11.0. The summed E-state index contributed by atoms with van der Waals surface area (Å²) in [5.41, 5.74) is 5.03. The van der Waals surface area contributed by atoms with Gasteiger partial charge in [0, 0.05) is 24.6 Å². The van der Waals surface area contributed by atoms with Gasteiger partial charge in [0.15, 0.2) is 0 Å². The van der Waals surface area contributed by atoms with Crippen LogP contribution in [-0.2, 0) is 6.54 Å². The van der Waals surface area contributed by atoms with Crippen LogP contribution < -0.4 is 4.74 Å². The Bertz CT molecular complexity index is 1170. The fraction of sp³-hybridized carbons (Fsp3) is 0.375. The van der Waals surface area contributed by atoms with Crippen molar-refractivity contribution in [3.05, 3.63) is 66.1 Å². The predicted molar refractivity (Wildman–Crippen MR) is 121 cm³/mol. The molecule has 4 heterocycles. The van der Waals surface area contributed by atoms with Crippen LogP contribution in [0.5, 0.6) is 5.75 Å². The van der Waals surface area contributed by atoms with Gasteiger partial charge in [0.1, 0.15) is 17.9 Å². The number of ether oxygens (including phenoxy) is 1. The zero-order chi connectivity index (χ0) is 21.2. The van der Waals surface area contributed by atoms with Crippen LogP contribution in [0.3, 0.4) is 0 Å². The number of nitrogens with zero attached hydrogens (tertiary/aromatic N) is 6. The summed E-state index contributed by atoms with van der Waals surface area (Å²) in [6.07, 6.45) is 8.16. The average molecular weight is 417 g/mol. The molecular formula is C24H28N6O. The minimum Gasteiger partial charge on any atom is -0.490 e. The molecule has 0 N–H and O–H groups in total. The lowest BCUT2D eigenvalue weighted by atomic mass is 10.1. The normalized spacial score (nSPS) is 14.5. The highest BCUT2D eigenvalue weighted by Gasteiger charge is 2.19. The van der Waals surface area contributed by atoms with Crippen LogP contribution in [0.2, 0.25) is 0 Å². The lowest BCUT2D eigenvalue weighted by Crippen LogP contribution is -2.25. The first-order valence-corrected chi connectivity index (χ1v) is 11.0.